The van der Waals surface area contributed by atoms with Crippen LogP contribution in [0.4, 0.5) is 0 Å². The van der Waals surface area contributed by atoms with Crippen LogP contribution in [-0.2, 0) is 20.9 Å². The van der Waals surface area contributed by atoms with Crippen LogP contribution in [0.15, 0.2) is 50.8 Å². The number of phenols is 1. The molecule has 1 saturated carbocycles. The summed E-state index contributed by atoms with van der Waals surface area (Å²) in [6.07, 6.45) is 4.83. The average molecular weight is 488 g/mol. The molecule has 3 unspecified atom stereocenters. The lowest BCUT2D eigenvalue weighted by atomic mass is 9.77. The normalized spacial score (nSPS) is 25.4. The standard InChI is InChI=1S/C23H22BrNO6/c1-29-17-10-12(9-15(24)21(17)27)19-18-20(26)14-6-2-3-7-16(14)31-22(18)23(28)25(19)11-13-5-4-8-30-13/h4-5,8-10,14,16,19,27H,2-3,6-7,11H2,1H3. The fourth-order valence-corrected chi connectivity index (χ4v) is 5.34. The summed E-state index contributed by atoms with van der Waals surface area (Å²) in [7, 11) is 1.46. The first kappa shape index (κ1) is 20.2. The second kappa shape index (κ2) is 7.75. The van der Waals surface area contributed by atoms with Gasteiger partial charge in [0.15, 0.2) is 23.0 Å². The zero-order valence-electron chi connectivity index (χ0n) is 17.0. The van der Waals surface area contributed by atoms with Gasteiger partial charge in [-0.2, -0.15) is 0 Å². The summed E-state index contributed by atoms with van der Waals surface area (Å²) in [5.74, 6) is 0.394. The average Bonchev–Trinajstić information content (AvgIpc) is 3.38. The first-order chi connectivity index (χ1) is 15.0. The van der Waals surface area contributed by atoms with Crippen molar-refractivity contribution in [2.45, 2.75) is 44.4 Å². The molecule has 1 N–H and O–H groups in total. The number of carbonyl (C=O) groups excluding carboxylic acids is 2. The number of rotatable bonds is 4. The molecule has 8 heteroatoms. The molecule has 2 aromatic rings. The number of fused-ring (bicyclic) bond motifs is 1. The van der Waals surface area contributed by atoms with Crippen molar-refractivity contribution in [3.8, 4) is 11.5 Å². The number of furan rings is 1. The van der Waals surface area contributed by atoms with Crippen LogP contribution in [0.1, 0.15) is 43.0 Å². The molecule has 0 spiro atoms. The number of aromatic hydroxyl groups is 1. The molecule has 31 heavy (non-hydrogen) atoms. The monoisotopic (exact) mass is 487 g/mol. The Morgan fingerprint density at radius 1 is 1.26 bits per heavy atom. The van der Waals surface area contributed by atoms with Crippen molar-refractivity contribution >= 4 is 27.6 Å². The zero-order valence-corrected chi connectivity index (χ0v) is 18.6. The van der Waals surface area contributed by atoms with E-state index in [1.165, 1.54) is 7.11 Å². The van der Waals surface area contributed by atoms with Gasteiger partial charge >= 0.3 is 0 Å². The number of amides is 1. The molecule has 3 atom stereocenters. The Bertz CT molecular complexity index is 1080. The van der Waals surface area contributed by atoms with Crippen molar-refractivity contribution in [1.29, 1.82) is 0 Å². The van der Waals surface area contributed by atoms with Crippen LogP contribution < -0.4 is 4.74 Å². The molecule has 162 valence electrons. The Hall–Kier alpha value is -2.74. The van der Waals surface area contributed by atoms with E-state index in [1.807, 2.05) is 0 Å². The minimum atomic E-state index is -0.659. The third kappa shape index (κ3) is 3.24. The van der Waals surface area contributed by atoms with Crippen LogP contribution in [0.2, 0.25) is 0 Å². The number of ketones is 1. The molecule has 1 aromatic carbocycles. The summed E-state index contributed by atoms with van der Waals surface area (Å²) in [6, 6.07) is 6.25. The maximum atomic E-state index is 13.6. The van der Waals surface area contributed by atoms with E-state index in [-0.39, 0.29) is 47.5 Å². The Morgan fingerprint density at radius 2 is 2.06 bits per heavy atom. The van der Waals surface area contributed by atoms with E-state index < -0.39 is 6.04 Å². The van der Waals surface area contributed by atoms with Gasteiger partial charge in [0, 0.05) is 0 Å². The summed E-state index contributed by atoms with van der Waals surface area (Å²) in [5, 5.41) is 10.3. The van der Waals surface area contributed by atoms with Gasteiger partial charge in [-0.3, -0.25) is 9.59 Å². The van der Waals surface area contributed by atoms with Crippen molar-refractivity contribution < 1.29 is 28.6 Å². The number of methoxy groups -OCH3 is 1. The number of hydrogen-bond donors (Lipinski definition) is 1. The Morgan fingerprint density at radius 3 is 2.81 bits per heavy atom. The largest absolute Gasteiger partial charge is 0.503 e. The summed E-state index contributed by atoms with van der Waals surface area (Å²) in [4.78, 5) is 28.6. The summed E-state index contributed by atoms with van der Waals surface area (Å²) >= 11 is 3.35. The third-order valence-electron chi connectivity index (χ3n) is 6.35. The quantitative estimate of drug-likeness (QED) is 0.693. The van der Waals surface area contributed by atoms with E-state index in [0.29, 0.717) is 21.4 Å². The molecule has 5 rings (SSSR count). The van der Waals surface area contributed by atoms with E-state index in [4.69, 9.17) is 13.9 Å². The van der Waals surface area contributed by atoms with Gasteiger partial charge in [0.1, 0.15) is 11.9 Å². The van der Waals surface area contributed by atoms with Gasteiger partial charge in [-0.1, -0.05) is 6.42 Å². The highest BCUT2D eigenvalue weighted by Gasteiger charge is 2.52. The highest BCUT2D eigenvalue weighted by Crippen LogP contribution is 2.49. The Balaban J connectivity index is 1.64. The van der Waals surface area contributed by atoms with Gasteiger partial charge in [-0.05, 0) is 65.0 Å². The highest BCUT2D eigenvalue weighted by atomic mass is 79.9. The SMILES string of the molecule is COc1cc(C2C3=C(OC4CCCCC4C3=O)C(=O)N2Cc2ccco2)cc(Br)c1O. The number of ether oxygens (including phenoxy) is 2. The second-order valence-corrected chi connectivity index (χ2v) is 8.98. The molecule has 0 saturated heterocycles. The van der Waals surface area contributed by atoms with Crippen molar-refractivity contribution in [1.82, 2.24) is 4.90 Å². The van der Waals surface area contributed by atoms with Crippen LogP contribution in [0, 0.1) is 5.92 Å². The zero-order chi connectivity index (χ0) is 21.7. The van der Waals surface area contributed by atoms with Gasteiger partial charge in [-0.15, -0.1) is 0 Å². The van der Waals surface area contributed by atoms with Gasteiger partial charge in [0.25, 0.3) is 5.91 Å². The predicted molar refractivity (Wildman–Crippen MR) is 113 cm³/mol. The number of Topliss-reactive ketones (excluding diaryl/α,β-unsaturated/α-hetero) is 1. The molecule has 1 aliphatic carbocycles. The van der Waals surface area contributed by atoms with Crippen molar-refractivity contribution in [2.75, 3.05) is 7.11 Å². The van der Waals surface area contributed by atoms with Crippen LogP contribution in [0.5, 0.6) is 11.5 Å². The maximum Gasteiger partial charge on any atom is 0.290 e. The Kier molecular flexibility index (Phi) is 5.04. The lowest BCUT2D eigenvalue weighted by molar-refractivity contribution is -0.135. The van der Waals surface area contributed by atoms with E-state index in [2.05, 4.69) is 15.9 Å². The molecule has 3 heterocycles. The summed E-state index contributed by atoms with van der Waals surface area (Å²) < 4.78 is 17.4. The minimum absolute atomic E-state index is 0.0191. The molecule has 3 aliphatic rings. The smallest absolute Gasteiger partial charge is 0.290 e. The molecule has 1 aromatic heterocycles. The van der Waals surface area contributed by atoms with Gasteiger partial charge in [-0.25, -0.2) is 0 Å². The van der Waals surface area contributed by atoms with Crippen molar-refractivity contribution in [3.05, 3.63) is 57.7 Å². The van der Waals surface area contributed by atoms with Crippen LogP contribution in [0.3, 0.4) is 0 Å². The molecule has 2 aliphatic heterocycles. The van der Waals surface area contributed by atoms with Crippen molar-refractivity contribution in [2.24, 2.45) is 5.92 Å². The lowest BCUT2D eigenvalue weighted by Gasteiger charge is -2.35. The number of hydrogen-bond acceptors (Lipinski definition) is 6. The van der Waals surface area contributed by atoms with E-state index in [0.717, 1.165) is 25.7 Å². The number of halogens is 1. The fraction of sp³-hybridized carbons (Fsp3) is 0.391. The first-order valence-electron chi connectivity index (χ1n) is 10.3. The van der Waals surface area contributed by atoms with Gasteiger partial charge < -0.3 is 23.9 Å². The molecular weight excluding hydrogens is 466 g/mol. The minimum Gasteiger partial charge on any atom is -0.503 e. The third-order valence-corrected chi connectivity index (χ3v) is 6.96. The summed E-state index contributed by atoms with van der Waals surface area (Å²) in [6.45, 7) is 0.191. The van der Waals surface area contributed by atoms with Crippen molar-refractivity contribution in [3.63, 3.8) is 0 Å². The fourth-order valence-electron chi connectivity index (χ4n) is 4.88. The summed E-state index contributed by atoms with van der Waals surface area (Å²) in [5.41, 5.74) is 1.04. The second-order valence-electron chi connectivity index (χ2n) is 8.12. The number of phenolic OH excluding ortho intramolecular Hbond substituents is 1. The van der Waals surface area contributed by atoms with Gasteiger partial charge in [0.05, 0.1) is 41.9 Å². The highest BCUT2D eigenvalue weighted by molar-refractivity contribution is 9.10. The maximum absolute atomic E-state index is 13.6. The molecule has 1 fully saturated rings. The molecule has 7 nitrogen and oxygen atoms in total. The van der Waals surface area contributed by atoms with Crippen LogP contribution in [-0.4, -0.2) is 34.9 Å². The first-order valence-corrected chi connectivity index (χ1v) is 11.1. The number of carbonyl (C=O) groups is 2. The number of benzene rings is 1. The Labute approximate surface area is 187 Å². The molecule has 0 bridgehead atoms. The van der Waals surface area contributed by atoms with Crippen LogP contribution in [0.25, 0.3) is 0 Å². The van der Waals surface area contributed by atoms with E-state index in [9.17, 15) is 14.7 Å². The molecular formula is C23H22BrNO6. The number of nitrogens with zero attached hydrogens (tertiary/aromatic N) is 1. The van der Waals surface area contributed by atoms with Gasteiger partial charge in [0.2, 0.25) is 0 Å². The van der Waals surface area contributed by atoms with Crippen LogP contribution >= 0.6 is 15.9 Å². The lowest BCUT2D eigenvalue weighted by Crippen LogP contribution is -2.39. The van der Waals surface area contributed by atoms with E-state index >= 15 is 0 Å². The molecule has 1 amide bonds. The predicted octanol–water partition coefficient (Wildman–Crippen LogP) is 4.25. The van der Waals surface area contributed by atoms with E-state index in [1.54, 1.807) is 35.4 Å². The topological polar surface area (TPSA) is 89.2 Å². The molecule has 0 radical (unpaired) electrons.